The molecular formula is C26H20ClN5O4. The molecule has 0 saturated carbocycles. The third kappa shape index (κ3) is 5.29. The maximum atomic E-state index is 12.8. The highest BCUT2D eigenvalue weighted by atomic mass is 35.5. The van der Waals surface area contributed by atoms with Crippen molar-refractivity contribution in [2.24, 2.45) is 0 Å². The number of aromatic amines is 1. The normalized spacial score (nSPS) is 10.3. The molecule has 1 amide bonds. The van der Waals surface area contributed by atoms with Crippen LogP contribution in [0, 0.1) is 11.3 Å². The van der Waals surface area contributed by atoms with Gasteiger partial charge in [0.15, 0.2) is 0 Å². The highest BCUT2D eigenvalue weighted by molar-refractivity contribution is 6.30. The van der Waals surface area contributed by atoms with Crippen molar-refractivity contribution >= 4 is 34.8 Å². The van der Waals surface area contributed by atoms with E-state index in [-0.39, 0.29) is 23.1 Å². The monoisotopic (exact) mass is 501 g/mol. The Morgan fingerprint density at radius 3 is 2.33 bits per heavy atom. The van der Waals surface area contributed by atoms with E-state index in [1.165, 1.54) is 14.2 Å². The summed E-state index contributed by atoms with van der Waals surface area (Å²) in [5.74, 6) is 0.732. The molecule has 0 radical (unpaired) electrons. The lowest BCUT2D eigenvalue weighted by atomic mass is 10.1. The molecule has 4 aromatic rings. The van der Waals surface area contributed by atoms with Gasteiger partial charge in [-0.15, -0.1) is 0 Å². The number of halogens is 1. The first-order chi connectivity index (χ1) is 17.4. The van der Waals surface area contributed by atoms with Crippen molar-refractivity contribution in [1.82, 2.24) is 9.97 Å². The van der Waals surface area contributed by atoms with Crippen LogP contribution >= 0.6 is 11.6 Å². The number of amides is 1. The predicted molar refractivity (Wildman–Crippen MR) is 137 cm³/mol. The molecule has 0 aliphatic carbocycles. The summed E-state index contributed by atoms with van der Waals surface area (Å²) in [6.07, 6.45) is 0. The van der Waals surface area contributed by atoms with Crippen molar-refractivity contribution < 1.29 is 14.3 Å². The summed E-state index contributed by atoms with van der Waals surface area (Å²) in [4.78, 5) is 32.3. The fourth-order valence-corrected chi connectivity index (χ4v) is 3.54. The van der Waals surface area contributed by atoms with E-state index in [9.17, 15) is 14.9 Å². The fourth-order valence-electron chi connectivity index (χ4n) is 3.41. The highest BCUT2D eigenvalue weighted by Crippen LogP contribution is 2.27. The van der Waals surface area contributed by atoms with Gasteiger partial charge in [-0.3, -0.25) is 14.6 Å². The lowest BCUT2D eigenvalue weighted by molar-refractivity contribution is 0.102. The molecule has 1 heterocycles. The molecule has 0 saturated heterocycles. The lowest BCUT2D eigenvalue weighted by Gasteiger charge is -2.12. The summed E-state index contributed by atoms with van der Waals surface area (Å²) in [6.45, 7) is 0. The third-order valence-electron chi connectivity index (χ3n) is 5.21. The molecule has 0 aliphatic rings. The summed E-state index contributed by atoms with van der Waals surface area (Å²) >= 11 is 5.92. The Balaban J connectivity index is 1.59. The Kier molecular flexibility index (Phi) is 7.18. The fraction of sp³-hybridized carbons (Fsp3) is 0.0769. The third-order valence-corrected chi connectivity index (χ3v) is 5.46. The smallest absolute Gasteiger partial charge is 0.270 e. The molecular weight excluding hydrogens is 482 g/mol. The van der Waals surface area contributed by atoms with Gasteiger partial charge in [0.05, 0.1) is 25.5 Å². The number of nitrogens with zero attached hydrogens (tertiary/aromatic N) is 2. The number of methoxy groups -OCH3 is 2. The van der Waals surface area contributed by atoms with Gasteiger partial charge in [-0.25, -0.2) is 4.98 Å². The number of rotatable bonds is 7. The van der Waals surface area contributed by atoms with Crippen LogP contribution in [0.1, 0.15) is 15.9 Å². The van der Waals surface area contributed by atoms with Crippen LogP contribution in [0.5, 0.6) is 11.5 Å². The second kappa shape index (κ2) is 10.6. The summed E-state index contributed by atoms with van der Waals surface area (Å²) in [6, 6.07) is 20.3. The number of nitriles is 1. The lowest BCUT2D eigenvalue weighted by Crippen LogP contribution is -2.16. The molecule has 180 valence electrons. The number of anilines is 3. The second-order valence-electron chi connectivity index (χ2n) is 7.48. The minimum atomic E-state index is -0.581. The molecule has 4 rings (SSSR count). The minimum absolute atomic E-state index is 0.128. The Bertz CT molecular complexity index is 1510. The first-order valence-corrected chi connectivity index (χ1v) is 11.0. The van der Waals surface area contributed by atoms with Crippen LogP contribution in [-0.4, -0.2) is 30.1 Å². The van der Waals surface area contributed by atoms with Crippen LogP contribution in [0.15, 0.2) is 71.5 Å². The number of hydrogen-bond donors (Lipinski definition) is 3. The van der Waals surface area contributed by atoms with Gasteiger partial charge in [0, 0.05) is 28.0 Å². The average molecular weight is 502 g/mol. The summed E-state index contributed by atoms with van der Waals surface area (Å²) < 4.78 is 10.5. The standard InChI is InChI=1S/C26H20ClN5O4/c1-35-19-11-12-20(22(13-19)36-2)24(33)29-17-7-3-15(4-8-17)23-21(14-28)25(34)32-26(31-23)30-18-9-5-16(27)6-10-18/h3-13H,1-2H3,(H,29,33)(H2,30,31,32,34). The van der Waals surface area contributed by atoms with E-state index in [4.69, 9.17) is 21.1 Å². The van der Waals surface area contributed by atoms with Gasteiger partial charge >= 0.3 is 0 Å². The maximum absolute atomic E-state index is 12.8. The highest BCUT2D eigenvalue weighted by Gasteiger charge is 2.16. The van der Waals surface area contributed by atoms with Crippen molar-refractivity contribution in [3.05, 3.63) is 93.2 Å². The number of carbonyl (C=O) groups is 1. The van der Waals surface area contributed by atoms with Crippen LogP contribution in [0.4, 0.5) is 17.3 Å². The minimum Gasteiger partial charge on any atom is -0.497 e. The van der Waals surface area contributed by atoms with Gasteiger partial charge < -0.3 is 20.1 Å². The first-order valence-electron chi connectivity index (χ1n) is 10.6. The molecule has 0 unspecified atom stereocenters. The van der Waals surface area contributed by atoms with Gasteiger partial charge in [0.2, 0.25) is 5.95 Å². The van der Waals surface area contributed by atoms with Crippen LogP contribution in [-0.2, 0) is 0 Å². The average Bonchev–Trinajstić information content (AvgIpc) is 2.89. The number of ether oxygens (including phenoxy) is 2. The van der Waals surface area contributed by atoms with E-state index in [2.05, 4.69) is 20.6 Å². The zero-order chi connectivity index (χ0) is 25.7. The predicted octanol–water partition coefficient (Wildman–Crippen LogP) is 4.98. The molecule has 36 heavy (non-hydrogen) atoms. The zero-order valence-corrected chi connectivity index (χ0v) is 20.0. The molecule has 9 nitrogen and oxygen atoms in total. The van der Waals surface area contributed by atoms with E-state index in [1.54, 1.807) is 66.7 Å². The molecule has 0 aliphatic heterocycles. The topological polar surface area (TPSA) is 129 Å². The first kappa shape index (κ1) is 24.3. The van der Waals surface area contributed by atoms with Crippen LogP contribution < -0.4 is 25.7 Å². The Morgan fingerprint density at radius 1 is 1.00 bits per heavy atom. The van der Waals surface area contributed by atoms with Gasteiger partial charge in [-0.05, 0) is 48.5 Å². The van der Waals surface area contributed by atoms with Gasteiger partial charge in [-0.1, -0.05) is 23.7 Å². The number of nitrogens with one attached hydrogen (secondary N) is 3. The molecule has 0 spiro atoms. The van der Waals surface area contributed by atoms with E-state index >= 15 is 0 Å². The SMILES string of the molecule is COc1ccc(C(=O)Nc2ccc(-c3nc(Nc4ccc(Cl)cc4)[nH]c(=O)c3C#N)cc2)c(OC)c1. The van der Waals surface area contributed by atoms with E-state index < -0.39 is 5.56 Å². The van der Waals surface area contributed by atoms with Crippen LogP contribution in [0.2, 0.25) is 5.02 Å². The molecule has 3 aromatic carbocycles. The second-order valence-corrected chi connectivity index (χ2v) is 7.92. The van der Waals surface area contributed by atoms with Gasteiger partial charge in [0.25, 0.3) is 11.5 Å². The van der Waals surface area contributed by atoms with Crippen LogP contribution in [0.3, 0.4) is 0 Å². The largest absolute Gasteiger partial charge is 0.497 e. The molecule has 10 heteroatoms. The maximum Gasteiger partial charge on any atom is 0.270 e. The van der Waals surface area contributed by atoms with Crippen molar-refractivity contribution in [2.45, 2.75) is 0 Å². The van der Waals surface area contributed by atoms with Crippen LogP contribution in [0.25, 0.3) is 11.3 Å². The Labute approximate surface area is 211 Å². The summed E-state index contributed by atoms with van der Waals surface area (Å²) in [7, 11) is 3.00. The number of carbonyl (C=O) groups excluding carboxylic acids is 1. The molecule has 3 N–H and O–H groups in total. The van der Waals surface area contributed by atoms with E-state index in [0.29, 0.717) is 39.0 Å². The number of benzene rings is 3. The zero-order valence-electron chi connectivity index (χ0n) is 19.3. The number of aromatic nitrogens is 2. The Hall–Kier alpha value is -4.81. The number of H-pyrrole nitrogens is 1. The molecule has 0 fully saturated rings. The van der Waals surface area contributed by atoms with Gasteiger partial charge in [0.1, 0.15) is 23.1 Å². The molecule has 0 bridgehead atoms. The van der Waals surface area contributed by atoms with Gasteiger partial charge in [-0.2, -0.15) is 5.26 Å². The van der Waals surface area contributed by atoms with Crippen molar-refractivity contribution in [3.63, 3.8) is 0 Å². The van der Waals surface area contributed by atoms with Crippen molar-refractivity contribution in [3.8, 4) is 28.8 Å². The van der Waals surface area contributed by atoms with Crippen molar-refractivity contribution in [1.29, 1.82) is 5.26 Å². The summed E-state index contributed by atoms with van der Waals surface area (Å²) in [5.41, 5.74) is 1.52. The van der Waals surface area contributed by atoms with E-state index in [1.807, 2.05) is 6.07 Å². The van der Waals surface area contributed by atoms with E-state index in [0.717, 1.165) is 0 Å². The Morgan fingerprint density at radius 2 is 1.69 bits per heavy atom. The molecule has 0 atom stereocenters. The van der Waals surface area contributed by atoms with Crippen molar-refractivity contribution in [2.75, 3.05) is 24.9 Å². The quantitative estimate of drug-likeness (QED) is 0.326. The number of hydrogen-bond acceptors (Lipinski definition) is 7. The molecule has 1 aromatic heterocycles. The summed E-state index contributed by atoms with van der Waals surface area (Å²) in [5, 5.41) is 15.9.